The molecule has 0 radical (unpaired) electrons. The molecular formula is C46H60O2. The Bertz CT molecular complexity index is 1730. The van der Waals surface area contributed by atoms with Gasteiger partial charge in [0.2, 0.25) is 0 Å². The Morgan fingerprint density at radius 3 is 0.917 bits per heavy atom. The molecule has 6 rings (SSSR count). The molecule has 0 fully saturated rings. The molecule has 0 saturated heterocycles. The molecule has 0 amide bonds. The van der Waals surface area contributed by atoms with Gasteiger partial charge in [0.25, 0.3) is 0 Å². The first-order chi connectivity index (χ1) is 23.8. The van der Waals surface area contributed by atoms with Crippen LogP contribution in [0.1, 0.15) is 154 Å². The van der Waals surface area contributed by atoms with Crippen LogP contribution in [0, 0.1) is 0 Å². The van der Waals surface area contributed by atoms with Gasteiger partial charge in [-0.25, -0.2) is 0 Å². The van der Waals surface area contributed by atoms with Crippen LogP contribution < -0.4 is 0 Å². The zero-order valence-electron chi connectivity index (χ0n) is 30.1. The highest BCUT2D eigenvalue weighted by atomic mass is 16.3. The van der Waals surface area contributed by atoms with Gasteiger partial charge in [-0.1, -0.05) is 166 Å². The molecule has 2 heterocycles. The summed E-state index contributed by atoms with van der Waals surface area (Å²) in [7, 11) is 0. The van der Waals surface area contributed by atoms with Crippen molar-refractivity contribution in [1.29, 1.82) is 0 Å². The number of unbranched alkanes of at least 4 members (excludes halogenated alkanes) is 18. The van der Waals surface area contributed by atoms with Crippen LogP contribution in [-0.4, -0.2) is 0 Å². The molecule has 0 unspecified atom stereocenters. The highest BCUT2D eigenvalue weighted by molar-refractivity contribution is 6.24. The van der Waals surface area contributed by atoms with Crippen molar-refractivity contribution in [3.8, 4) is 0 Å². The van der Waals surface area contributed by atoms with E-state index in [-0.39, 0.29) is 0 Å². The average Bonchev–Trinajstić information content (AvgIpc) is 3.73. The second-order valence-corrected chi connectivity index (χ2v) is 14.7. The van der Waals surface area contributed by atoms with Crippen LogP contribution in [0.25, 0.3) is 54.3 Å². The zero-order chi connectivity index (χ0) is 33.0. The van der Waals surface area contributed by atoms with Gasteiger partial charge >= 0.3 is 0 Å². The predicted molar refractivity (Wildman–Crippen MR) is 210 cm³/mol. The Balaban J connectivity index is 1.07. The third-order valence-corrected chi connectivity index (χ3v) is 10.8. The largest absolute Gasteiger partial charge is 0.461 e. The molecule has 4 aromatic carbocycles. The minimum absolute atomic E-state index is 1.01. The van der Waals surface area contributed by atoms with E-state index in [9.17, 15) is 0 Å². The number of hydrogen-bond donors (Lipinski definition) is 0. The SMILES string of the molecule is CCCCCCCCCCCCc1cc2c(ccc3c2ccc2c4ccc5oc(CCCCCCCCCCCC)cc5c4ccc32)o1. The fourth-order valence-electron chi connectivity index (χ4n) is 8.00. The number of benzene rings is 4. The van der Waals surface area contributed by atoms with Gasteiger partial charge in [0.1, 0.15) is 22.7 Å². The smallest absolute Gasteiger partial charge is 0.134 e. The lowest BCUT2D eigenvalue weighted by Crippen LogP contribution is -1.84. The zero-order valence-corrected chi connectivity index (χ0v) is 30.1. The van der Waals surface area contributed by atoms with E-state index >= 15 is 0 Å². The lowest BCUT2D eigenvalue weighted by Gasteiger charge is -2.08. The molecule has 0 N–H and O–H groups in total. The molecule has 2 aromatic heterocycles. The summed E-state index contributed by atoms with van der Waals surface area (Å²) in [5.41, 5.74) is 2.03. The highest BCUT2D eigenvalue weighted by Crippen LogP contribution is 2.38. The van der Waals surface area contributed by atoms with E-state index in [0.29, 0.717) is 0 Å². The fraction of sp³-hybridized carbons (Fsp3) is 0.522. The standard InChI is InChI=1S/C46H60O2/c1-3-5-7-9-11-13-15-17-19-21-23-35-33-43-41-27-25-38-37(39(41)29-31-45(43)47-35)26-28-42-40(38)30-32-46-44(42)34-36(48-46)24-22-20-18-16-14-12-10-8-6-4-2/h25-34H,3-24H2,1-2H3. The monoisotopic (exact) mass is 644 g/mol. The first-order valence-corrected chi connectivity index (χ1v) is 20.0. The van der Waals surface area contributed by atoms with Crippen molar-refractivity contribution in [3.63, 3.8) is 0 Å². The summed E-state index contributed by atoms with van der Waals surface area (Å²) in [6, 6.07) is 22.8. The molecule has 0 aliphatic heterocycles. The van der Waals surface area contributed by atoms with E-state index in [1.54, 1.807) is 0 Å². The van der Waals surface area contributed by atoms with Gasteiger partial charge in [-0.3, -0.25) is 0 Å². The molecule has 0 spiro atoms. The fourth-order valence-corrected chi connectivity index (χ4v) is 8.00. The summed E-state index contributed by atoms with van der Waals surface area (Å²) in [5.74, 6) is 2.26. The lowest BCUT2D eigenvalue weighted by atomic mass is 9.94. The van der Waals surface area contributed by atoms with Crippen molar-refractivity contribution in [2.75, 3.05) is 0 Å². The summed E-state index contributed by atoms with van der Waals surface area (Å²) < 4.78 is 12.7. The Hall–Kier alpha value is -3.26. The minimum Gasteiger partial charge on any atom is -0.461 e. The van der Waals surface area contributed by atoms with Gasteiger partial charge in [-0.2, -0.15) is 0 Å². The van der Waals surface area contributed by atoms with Gasteiger partial charge in [-0.15, -0.1) is 0 Å². The van der Waals surface area contributed by atoms with Crippen LogP contribution >= 0.6 is 0 Å². The molecule has 0 atom stereocenters. The predicted octanol–water partition coefficient (Wildman–Crippen LogP) is 15.6. The van der Waals surface area contributed by atoms with Crippen LogP contribution in [-0.2, 0) is 12.8 Å². The number of aryl methyl sites for hydroxylation is 2. The van der Waals surface area contributed by atoms with Crippen LogP contribution in [0.5, 0.6) is 0 Å². The second kappa shape index (κ2) is 17.9. The van der Waals surface area contributed by atoms with Gasteiger partial charge in [0.05, 0.1) is 0 Å². The van der Waals surface area contributed by atoms with Gasteiger partial charge in [0, 0.05) is 23.6 Å². The van der Waals surface area contributed by atoms with Crippen molar-refractivity contribution < 1.29 is 8.83 Å². The molecule has 2 heteroatoms. The molecule has 256 valence electrons. The quantitative estimate of drug-likeness (QED) is 0.0543. The van der Waals surface area contributed by atoms with Crippen molar-refractivity contribution in [1.82, 2.24) is 0 Å². The summed E-state index contributed by atoms with van der Waals surface area (Å²) >= 11 is 0. The minimum atomic E-state index is 1.01. The van der Waals surface area contributed by atoms with Crippen LogP contribution in [0.2, 0.25) is 0 Å². The summed E-state index contributed by atoms with van der Waals surface area (Å²) in [4.78, 5) is 0. The van der Waals surface area contributed by atoms with Gasteiger partial charge in [0.15, 0.2) is 0 Å². The second-order valence-electron chi connectivity index (χ2n) is 14.7. The van der Waals surface area contributed by atoms with Crippen LogP contribution in [0.4, 0.5) is 0 Å². The van der Waals surface area contributed by atoms with E-state index in [2.05, 4.69) is 74.5 Å². The maximum atomic E-state index is 6.35. The maximum Gasteiger partial charge on any atom is 0.134 e. The summed E-state index contributed by atoms with van der Waals surface area (Å²) in [5, 5.41) is 10.3. The van der Waals surface area contributed by atoms with Crippen molar-refractivity contribution >= 4 is 54.3 Å². The topological polar surface area (TPSA) is 26.3 Å². The molecule has 0 saturated carbocycles. The first-order valence-electron chi connectivity index (χ1n) is 20.0. The molecule has 0 aliphatic rings. The first kappa shape index (κ1) is 34.6. The maximum absolute atomic E-state index is 6.35. The number of hydrogen-bond acceptors (Lipinski definition) is 2. The molecular weight excluding hydrogens is 585 g/mol. The van der Waals surface area contributed by atoms with Gasteiger partial charge in [-0.05, 0) is 69.4 Å². The third kappa shape index (κ3) is 8.66. The van der Waals surface area contributed by atoms with E-state index in [0.717, 1.165) is 35.5 Å². The van der Waals surface area contributed by atoms with E-state index in [4.69, 9.17) is 8.83 Å². The van der Waals surface area contributed by atoms with Crippen LogP contribution in [0.15, 0.2) is 69.5 Å². The summed E-state index contributed by atoms with van der Waals surface area (Å²) in [6.07, 6.45) is 29.3. The Labute approximate surface area is 289 Å². The number of furan rings is 2. The molecule has 0 bridgehead atoms. The summed E-state index contributed by atoms with van der Waals surface area (Å²) in [6.45, 7) is 4.58. The Kier molecular flexibility index (Phi) is 12.9. The van der Waals surface area contributed by atoms with E-state index in [1.807, 2.05) is 0 Å². The molecule has 2 nitrogen and oxygen atoms in total. The average molecular weight is 645 g/mol. The Morgan fingerprint density at radius 1 is 0.312 bits per heavy atom. The van der Waals surface area contributed by atoms with E-state index < -0.39 is 0 Å². The third-order valence-electron chi connectivity index (χ3n) is 10.8. The van der Waals surface area contributed by atoms with Crippen LogP contribution in [0.3, 0.4) is 0 Å². The molecule has 0 aliphatic carbocycles. The number of rotatable bonds is 22. The lowest BCUT2D eigenvalue weighted by molar-refractivity contribution is 0.515. The highest BCUT2D eigenvalue weighted by Gasteiger charge is 2.14. The van der Waals surface area contributed by atoms with Crippen molar-refractivity contribution in [2.24, 2.45) is 0 Å². The van der Waals surface area contributed by atoms with E-state index in [1.165, 1.54) is 172 Å². The number of fused-ring (bicyclic) bond motifs is 9. The normalized spacial score (nSPS) is 12.1. The van der Waals surface area contributed by atoms with Crippen molar-refractivity contribution in [2.45, 2.75) is 155 Å². The van der Waals surface area contributed by atoms with Gasteiger partial charge < -0.3 is 8.83 Å². The molecule has 48 heavy (non-hydrogen) atoms. The Morgan fingerprint density at radius 2 is 0.583 bits per heavy atom. The molecule has 6 aromatic rings. The van der Waals surface area contributed by atoms with Crippen molar-refractivity contribution in [3.05, 3.63) is 72.2 Å².